The number of aromatic nitrogens is 6. The zero-order chi connectivity index (χ0) is 98.5. The van der Waals surface area contributed by atoms with Gasteiger partial charge in [-0.25, -0.2) is 9.97 Å². The largest absolute Gasteiger partial charge is 0.481 e. The van der Waals surface area contributed by atoms with Crippen molar-refractivity contribution in [2.75, 3.05) is 45.2 Å². The molecule has 7 heterocycles. The Morgan fingerprint density at radius 1 is 0.467 bits per heavy atom. The van der Waals surface area contributed by atoms with Crippen molar-refractivity contribution in [2.45, 2.75) is 208 Å². The Bertz CT molecular complexity index is 5570. The zero-order valence-electron chi connectivity index (χ0n) is 76.5. The van der Waals surface area contributed by atoms with Gasteiger partial charge >= 0.3 is 5.97 Å². The second kappa shape index (κ2) is 49.7. The van der Waals surface area contributed by atoms with Gasteiger partial charge in [0.2, 0.25) is 82.7 Å². The predicted octanol–water partition coefficient (Wildman–Crippen LogP) is -0.944. The van der Waals surface area contributed by atoms with Crippen molar-refractivity contribution in [1.82, 2.24) is 114 Å². The molecule has 3 aliphatic rings. The molecule has 0 saturated carbocycles. The number of amides is 14. The number of aliphatic carboxylic acids is 1. The first-order valence-electron chi connectivity index (χ1n) is 45.3. The maximum Gasteiger partial charge on any atom is 0.303 e. The van der Waals surface area contributed by atoms with E-state index < -0.39 is 228 Å². The molecule has 3 fully saturated rings. The van der Waals surface area contributed by atoms with Gasteiger partial charge in [0.05, 0.1) is 30.1 Å². The van der Waals surface area contributed by atoms with Crippen molar-refractivity contribution in [2.24, 2.45) is 17.4 Å². The maximum atomic E-state index is 16.1. The van der Waals surface area contributed by atoms with Gasteiger partial charge in [-0.05, 0) is 92.2 Å². The summed E-state index contributed by atoms with van der Waals surface area (Å²) in [6, 6.07) is 7.59. The molecule has 14 amide bonds. The van der Waals surface area contributed by atoms with Crippen LogP contribution in [0.15, 0.2) is 147 Å². The number of carbonyl (C=O) groups is 15. The molecule has 0 radical (unpaired) electrons. The highest BCUT2D eigenvalue weighted by Gasteiger charge is 2.45. The lowest BCUT2D eigenvalue weighted by molar-refractivity contribution is -0.149. The third-order valence-corrected chi connectivity index (χ3v) is 26.8. The second-order valence-corrected chi connectivity index (χ2v) is 36.8. The summed E-state index contributed by atoms with van der Waals surface area (Å²) < 4.78 is 0. The topological polar surface area (TPSA) is 651 Å². The molecule has 45 heteroatoms. The van der Waals surface area contributed by atoms with Gasteiger partial charge in [0.25, 0.3) is 0 Å². The molecule has 0 aliphatic carbocycles. The van der Waals surface area contributed by atoms with Crippen LogP contribution in [0.2, 0.25) is 0 Å². The quantitative estimate of drug-likeness (QED) is 0.0135. The molecule has 4 aromatic heterocycles. The van der Waals surface area contributed by atoms with E-state index in [0.717, 1.165) is 38.3 Å². The number of nitrogens with one attached hydrogen (secondary N) is 19. The number of fused-ring (bicyclic) bond motifs is 8. The summed E-state index contributed by atoms with van der Waals surface area (Å²) >= 11 is 0. The van der Waals surface area contributed by atoms with Gasteiger partial charge in [0.1, 0.15) is 84.6 Å². The molecule has 25 N–H and O–H groups in total. The zero-order valence-corrected chi connectivity index (χ0v) is 78.1. The summed E-state index contributed by atoms with van der Waals surface area (Å²) in [5, 5.41) is 74.7. The number of carboxylic acid groups (broad SMARTS) is 1. The number of rotatable bonds is 26. The van der Waals surface area contributed by atoms with Crippen molar-refractivity contribution in [1.29, 1.82) is 10.8 Å². The van der Waals surface area contributed by atoms with Crippen LogP contribution >= 0.6 is 21.6 Å². The van der Waals surface area contributed by atoms with Crippen LogP contribution < -0.4 is 80.6 Å². The van der Waals surface area contributed by atoms with E-state index in [1.807, 2.05) is 0 Å². The first-order chi connectivity index (χ1) is 65.7. The molecule has 137 heavy (non-hydrogen) atoms. The Hall–Kier alpha value is -14.4. The Labute approximate surface area is 797 Å². The van der Waals surface area contributed by atoms with E-state index in [4.69, 9.17) is 22.3 Å². The molecule has 0 spiro atoms. The van der Waals surface area contributed by atoms with Crippen molar-refractivity contribution >= 4 is 144 Å². The Morgan fingerprint density at radius 2 is 0.898 bits per heavy atom. The fraction of sp³-hybridized carbons (Fsp3) is 0.446. The van der Waals surface area contributed by atoms with Crippen LogP contribution in [-0.4, -0.2) is 291 Å². The third-order valence-electron chi connectivity index (χ3n) is 24.4. The molecule has 0 unspecified atom stereocenters. The van der Waals surface area contributed by atoms with Crippen LogP contribution in [0.5, 0.6) is 0 Å². The number of guanidine groups is 2. The van der Waals surface area contributed by atoms with Crippen LogP contribution in [0, 0.1) is 16.7 Å². The molecular formula is C92H120N26O17S2. The SMILES string of the molecule is CC[C@H](C)[C@@H]1NC(=O)[C@@H]2CCCN2C(=O)[C@H](Cc2c[nH]c3ccccc23)NC(=O)[C@H](CCC(=O)O)NC(=O)[C@@H](Cc2ccccc2)NC(=O)[C@H](Cc2c[nH]cn2)NC(=O)[C@H]([C@@H](C)O)NC(=O)[C@@H]2CSSC[C@H](NC1=O)C(=O)N[C@@H](Cc1c[nH]cn1)C(=O)N[C@H](Cc1ccccc1)C(=O)N(C)[C@@H](CCCNC(=N)N)C(=O)N(C)[C@@H](Cc1c[nH]c3ccccc13)C(=O)N[C@@H](CCCNC(=N)N)C(=O)N2. The summed E-state index contributed by atoms with van der Waals surface area (Å²) in [6.07, 6.45) is 3.59. The average molecular weight is 1930 g/mol. The number of aromatic amines is 4. The third kappa shape index (κ3) is 28.9. The van der Waals surface area contributed by atoms with Crippen LogP contribution in [0.25, 0.3) is 21.8 Å². The molecule has 3 saturated heterocycles. The number of hydrogen-bond acceptors (Lipinski definition) is 22. The number of likely N-dealkylation sites (N-methyl/N-ethyl adjacent to an activating group) is 2. The molecule has 8 aromatic rings. The number of para-hydroxylation sites is 2. The van der Waals surface area contributed by atoms with Gasteiger partial charge in [-0.3, -0.25) is 82.7 Å². The summed E-state index contributed by atoms with van der Waals surface area (Å²) in [6.45, 7) is 4.36. The fourth-order valence-corrected chi connectivity index (χ4v) is 19.0. The van der Waals surface area contributed by atoms with Crippen LogP contribution in [0.1, 0.15) is 112 Å². The summed E-state index contributed by atoms with van der Waals surface area (Å²) in [5.74, 6) is -18.1. The number of carbonyl (C=O) groups excluding carboxylic acids is 14. The van der Waals surface area contributed by atoms with E-state index in [2.05, 4.69) is 99.0 Å². The molecule has 2 bridgehead atoms. The maximum absolute atomic E-state index is 16.1. The van der Waals surface area contributed by atoms with E-state index in [1.54, 1.807) is 135 Å². The lowest BCUT2D eigenvalue weighted by Crippen LogP contribution is -2.63. The highest BCUT2D eigenvalue weighted by atomic mass is 33.1. The highest BCUT2D eigenvalue weighted by Crippen LogP contribution is 2.29. The van der Waals surface area contributed by atoms with Crippen molar-refractivity contribution in [3.8, 4) is 0 Å². The van der Waals surface area contributed by atoms with Crippen molar-refractivity contribution in [3.05, 3.63) is 180 Å². The number of aliphatic hydroxyl groups excluding tert-OH is 1. The van der Waals surface area contributed by atoms with E-state index in [9.17, 15) is 15.0 Å². The number of nitrogens with two attached hydrogens (primary N) is 2. The van der Waals surface area contributed by atoms with Gasteiger partial charge in [0, 0.05) is 137 Å². The number of aliphatic hydroxyl groups is 1. The first kappa shape index (κ1) is 103. The molecule has 3 aliphatic heterocycles. The van der Waals surface area contributed by atoms with Gasteiger partial charge in [-0.2, -0.15) is 0 Å². The van der Waals surface area contributed by atoms with Gasteiger partial charge in [0.15, 0.2) is 11.9 Å². The normalized spacial score (nSPS) is 24.1. The minimum atomic E-state index is -2.06. The van der Waals surface area contributed by atoms with Gasteiger partial charge in [-0.15, -0.1) is 0 Å². The molecule has 43 nitrogen and oxygen atoms in total. The van der Waals surface area contributed by atoms with Crippen molar-refractivity contribution in [3.63, 3.8) is 0 Å². The van der Waals surface area contributed by atoms with E-state index >= 15 is 67.1 Å². The standard InChI is InChI=1S/C92H120N26O17S2/c1-6-50(2)75-86(131)113-69-46-136-137-47-70(83(128)115-76(51(3)119)87(132)109-66(41-57-45-98-49-104-57)80(125)107-64(36-52-20-9-7-10-21-52)79(124)105-63(31-32-74(120)121)78(123)111-68(38-54-42-101-60-26-15-13-24-58(54)60)89(134)118-35-19-30-71(118)84(129)114-75)112-77(122)62(28-17-33-99-91(93)94)106-85(130)73(39-55-43-102-61-27-16-14-25-59(55)61)117(5)90(135)72(29-18-34-100-92(95)96)116(4)88(133)67(37-53-22-11-8-12-23-53)110-81(126)65(108-82(69)127)40-56-44-97-48-103-56/h7-16,20-27,42-45,48-51,62-73,75-76,101-102,119H,6,17-19,28-41,46-47H2,1-5H3,(H,97,103)(H,98,104)(H,105,124)(H,106,130)(H,107,125)(H,108,127)(H,109,132)(H,110,126)(H,111,123)(H,112,122)(H,113,131)(H,114,129)(H,115,128)(H,120,121)(H4,93,94,99)(H4,95,96,100)/t50-,51+,62-,63-,64+,65-,66-,67+,68-,69-,70-,71-,72-,73-,75-,76-/m0/s1. The molecular weight excluding hydrogens is 1810 g/mol. The Kier molecular flexibility index (Phi) is 37.4. The number of carboxylic acids is 1. The lowest BCUT2D eigenvalue weighted by atomic mass is 9.97. The first-order valence-corrected chi connectivity index (χ1v) is 47.8. The minimum Gasteiger partial charge on any atom is -0.481 e. The highest BCUT2D eigenvalue weighted by molar-refractivity contribution is 8.76. The van der Waals surface area contributed by atoms with Gasteiger partial charge < -0.3 is 125 Å². The molecule has 4 aromatic carbocycles. The van der Waals surface area contributed by atoms with Crippen LogP contribution in [-0.2, 0) is 110 Å². The predicted molar refractivity (Wildman–Crippen MR) is 509 cm³/mol. The Morgan fingerprint density at radius 3 is 1.43 bits per heavy atom. The number of benzene rings is 4. The smallest absolute Gasteiger partial charge is 0.303 e. The summed E-state index contributed by atoms with van der Waals surface area (Å²) in [4.78, 5) is 256. The van der Waals surface area contributed by atoms with Gasteiger partial charge in [-0.1, -0.05) is 139 Å². The average Bonchev–Trinajstić information content (AvgIpc) is 1.68. The molecule has 16 atom stereocenters. The number of imidazole rings is 2. The van der Waals surface area contributed by atoms with Crippen molar-refractivity contribution < 1.29 is 82.1 Å². The number of nitrogens with zero attached hydrogens (tertiary/aromatic N) is 5. The van der Waals surface area contributed by atoms with Crippen LogP contribution in [0.4, 0.5) is 0 Å². The summed E-state index contributed by atoms with van der Waals surface area (Å²) in [5.41, 5.74) is 15.2. The lowest BCUT2D eigenvalue weighted by Gasteiger charge is -2.36. The van der Waals surface area contributed by atoms with Crippen LogP contribution in [0.3, 0.4) is 0 Å². The fourth-order valence-electron chi connectivity index (χ4n) is 16.6. The number of H-pyrrole nitrogens is 4. The van der Waals surface area contributed by atoms with E-state index in [-0.39, 0.29) is 108 Å². The monoisotopic (exact) mass is 1920 g/mol. The van der Waals surface area contributed by atoms with E-state index in [1.165, 1.54) is 44.0 Å². The second-order valence-electron chi connectivity index (χ2n) is 34.3. The minimum absolute atomic E-state index is 0.000603. The molecule has 732 valence electrons. The number of hydrogen-bond donors (Lipinski definition) is 23. The summed E-state index contributed by atoms with van der Waals surface area (Å²) in [7, 11) is 4.31. The molecule has 11 rings (SSSR count). The van der Waals surface area contributed by atoms with E-state index in [0.29, 0.717) is 44.1 Å². The Balaban J connectivity index is 1.05.